The highest BCUT2D eigenvalue weighted by Crippen LogP contribution is 2.47. The maximum Gasteiger partial charge on any atom is 0.413 e. The van der Waals surface area contributed by atoms with E-state index < -0.39 is 43.0 Å². The molecule has 0 aliphatic carbocycles. The Morgan fingerprint density at radius 1 is 1.26 bits per heavy atom. The normalized spacial score (nSPS) is 21.3. The number of hydrogen-bond acceptors (Lipinski definition) is 7. The molecule has 0 radical (unpaired) electrons. The third-order valence-electron chi connectivity index (χ3n) is 3.35. The molecule has 1 aliphatic rings. The Kier molecular flexibility index (Phi) is 6.02. The van der Waals surface area contributed by atoms with Gasteiger partial charge < -0.3 is 18.5 Å². The Bertz CT molecular complexity index is 504. The topological polar surface area (TPSA) is 91.4 Å². The van der Waals surface area contributed by atoms with E-state index in [1.54, 1.807) is 34.6 Å². The highest BCUT2D eigenvalue weighted by Gasteiger charge is 2.49. The van der Waals surface area contributed by atoms with E-state index in [0.717, 1.165) is 0 Å². The molecule has 1 atom stereocenters. The Balaban J connectivity index is 2.98. The van der Waals surface area contributed by atoms with Gasteiger partial charge in [-0.1, -0.05) is 0 Å². The number of nitrogens with zero attached hydrogens (tertiary/aromatic N) is 1. The van der Waals surface area contributed by atoms with Gasteiger partial charge in [0.05, 0.1) is 6.61 Å². The summed E-state index contributed by atoms with van der Waals surface area (Å²) in [5, 5.41) is 0. The maximum atomic E-state index is 12.5. The summed E-state index contributed by atoms with van der Waals surface area (Å²) in [5.41, 5.74) is -1.72. The van der Waals surface area contributed by atoms with Crippen molar-refractivity contribution in [2.75, 3.05) is 27.0 Å². The Hall–Kier alpha value is -0.950. The maximum absolute atomic E-state index is 12.5. The van der Waals surface area contributed by atoms with Crippen molar-refractivity contribution in [3.63, 3.8) is 0 Å². The fourth-order valence-corrected chi connectivity index (χ4v) is 3.20. The molecule has 1 saturated heterocycles. The van der Waals surface area contributed by atoms with Crippen molar-refractivity contribution < 1.29 is 32.7 Å². The van der Waals surface area contributed by atoms with E-state index in [4.69, 9.17) is 18.5 Å². The minimum absolute atomic E-state index is 0.00148. The van der Waals surface area contributed by atoms with E-state index in [1.165, 1.54) is 19.1 Å². The van der Waals surface area contributed by atoms with Crippen LogP contribution in [0.3, 0.4) is 0 Å². The second-order valence-electron chi connectivity index (χ2n) is 6.72. The van der Waals surface area contributed by atoms with Crippen LogP contribution in [-0.2, 0) is 27.9 Å². The summed E-state index contributed by atoms with van der Waals surface area (Å²) < 4.78 is 32.6. The second kappa shape index (κ2) is 6.89. The molecule has 0 aromatic rings. The van der Waals surface area contributed by atoms with Gasteiger partial charge in [0.15, 0.2) is 5.78 Å². The zero-order chi connectivity index (χ0) is 18.1. The number of rotatable bonds is 5. The molecule has 0 N–H and O–H groups in total. The van der Waals surface area contributed by atoms with Crippen molar-refractivity contribution in [1.82, 2.24) is 4.90 Å². The molecule has 1 amide bonds. The van der Waals surface area contributed by atoms with Gasteiger partial charge in [-0.25, -0.2) is 4.79 Å². The monoisotopic (exact) mass is 351 g/mol. The van der Waals surface area contributed by atoms with E-state index in [1.807, 2.05) is 0 Å². The molecule has 0 saturated carbocycles. The number of carbonyl (C=O) groups is 2. The lowest BCUT2D eigenvalue weighted by Crippen LogP contribution is -2.52. The molecule has 0 aromatic carbocycles. The molecule has 1 aliphatic heterocycles. The smallest absolute Gasteiger partial charge is 0.413 e. The SMILES string of the molecule is COP(=O)(CC(=O)[C@@H]1COC(C)(C)N1C(=O)OC(C)(C)C)OC. The van der Waals surface area contributed by atoms with Gasteiger partial charge in [-0.05, 0) is 34.6 Å². The Morgan fingerprint density at radius 3 is 2.22 bits per heavy atom. The summed E-state index contributed by atoms with van der Waals surface area (Å²) in [6.07, 6.45) is -1.10. The van der Waals surface area contributed by atoms with E-state index >= 15 is 0 Å². The average molecular weight is 351 g/mol. The number of ketones is 1. The highest BCUT2D eigenvalue weighted by atomic mass is 31.2. The highest BCUT2D eigenvalue weighted by molar-refractivity contribution is 7.54. The second-order valence-corrected chi connectivity index (χ2v) is 8.99. The molecule has 1 heterocycles. The standard InChI is InChI=1S/C14H26NO7P/c1-13(2,3)22-12(17)15-10(8-21-14(15,4)5)11(16)9-23(18,19-6)20-7/h10H,8-9H2,1-7H3/t10-/m0/s1. The van der Waals surface area contributed by atoms with Crippen LogP contribution in [0.25, 0.3) is 0 Å². The molecule has 134 valence electrons. The van der Waals surface area contributed by atoms with Crippen LogP contribution >= 0.6 is 7.60 Å². The fraction of sp³-hybridized carbons (Fsp3) is 0.857. The number of ether oxygens (including phenoxy) is 2. The van der Waals surface area contributed by atoms with E-state index in [-0.39, 0.29) is 6.61 Å². The predicted octanol–water partition coefficient (Wildman–Crippen LogP) is 2.41. The summed E-state index contributed by atoms with van der Waals surface area (Å²) in [6, 6.07) is -0.904. The number of Topliss-reactive ketones (excluding diaryl/α,β-unsaturated/α-hetero) is 1. The number of amides is 1. The fourth-order valence-electron chi connectivity index (χ4n) is 2.20. The molecule has 0 aromatic heterocycles. The van der Waals surface area contributed by atoms with Crippen LogP contribution in [0.1, 0.15) is 34.6 Å². The van der Waals surface area contributed by atoms with Crippen LogP contribution in [-0.4, -0.2) is 61.1 Å². The van der Waals surface area contributed by atoms with Crippen molar-refractivity contribution in [3.05, 3.63) is 0 Å². The first-order valence-corrected chi connectivity index (χ1v) is 8.97. The van der Waals surface area contributed by atoms with Gasteiger partial charge >= 0.3 is 13.7 Å². The third kappa shape index (κ3) is 5.01. The van der Waals surface area contributed by atoms with Gasteiger partial charge in [-0.2, -0.15) is 0 Å². The summed E-state index contributed by atoms with van der Waals surface area (Å²) in [6.45, 7) is 8.52. The van der Waals surface area contributed by atoms with Crippen molar-refractivity contribution in [3.8, 4) is 0 Å². The minimum atomic E-state index is -3.51. The number of carbonyl (C=O) groups excluding carboxylic acids is 2. The lowest BCUT2D eigenvalue weighted by atomic mass is 10.1. The zero-order valence-electron chi connectivity index (χ0n) is 14.7. The third-order valence-corrected chi connectivity index (χ3v) is 5.17. The van der Waals surface area contributed by atoms with Crippen molar-refractivity contribution in [1.29, 1.82) is 0 Å². The predicted molar refractivity (Wildman–Crippen MR) is 83.4 cm³/mol. The van der Waals surface area contributed by atoms with Crippen LogP contribution in [0.5, 0.6) is 0 Å². The first-order valence-electron chi connectivity index (χ1n) is 7.25. The molecule has 9 heteroatoms. The average Bonchev–Trinajstić information content (AvgIpc) is 2.72. The van der Waals surface area contributed by atoms with Gasteiger partial charge in [0.2, 0.25) is 0 Å². The summed E-state index contributed by atoms with van der Waals surface area (Å²) in [5.74, 6) is -0.464. The van der Waals surface area contributed by atoms with Crippen molar-refractivity contribution >= 4 is 19.5 Å². The lowest BCUT2D eigenvalue weighted by Gasteiger charge is -2.34. The van der Waals surface area contributed by atoms with E-state index in [0.29, 0.717) is 0 Å². The van der Waals surface area contributed by atoms with Gasteiger partial charge in [0.1, 0.15) is 23.5 Å². The molecule has 8 nitrogen and oxygen atoms in total. The van der Waals surface area contributed by atoms with E-state index in [2.05, 4.69) is 0 Å². The summed E-state index contributed by atoms with van der Waals surface area (Å²) in [4.78, 5) is 26.2. The van der Waals surface area contributed by atoms with Gasteiger partial charge in [-0.3, -0.25) is 14.3 Å². The molecular weight excluding hydrogens is 325 g/mol. The van der Waals surface area contributed by atoms with Gasteiger partial charge in [0, 0.05) is 14.2 Å². The minimum Gasteiger partial charge on any atom is -0.444 e. The van der Waals surface area contributed by atoms with E-state index in [9.17, 15) is 14.2 Å². The molecule has 0 unspecified atom stereocenters. The van der Waals surface area contributed by atoms with Crippen LogP contribution in [0.2, 0.25) is 0 Å². The van der Waals surface area contributed by atoms with Crippen LogP contribution in [0.4, 0.5) is 4.79 Å². The molecule has 23 heavy (non-hydrogen) atoms. The Morgan fingerprint density at radius 2 is 1.78 bits per heavy atom. The zero-order valence-corrected chi connectivity index (χ0v) is 15.6. The summed E-state index contributed by atoms with van der Waals surface area (Å²) in [7, 11) is -1.10. The molecule has 1 rings (SSSR count). The molecular formula is C14H26NO7P. The van der Waals surface area contributed by atoms with Crippen LogP contribution in [0.15, 0.2) is 0 Å². The first kappa shape index (κ1) is 20.1. The van der Waals surface area contributed by atoms with Crippen molar-refractivity contribution in [2.45, 2.75) is 52.0 Å². The van der Waals surface area contributed by atoms with Crippen LogP contribution in [0, 0.1) is 0 Å². The number of hydrogen-bond donors (Lipinski definition) is 0. The Labute approximate surface area is 136 Å². The summed E-state index contributed by atoms with van der Waals surface area (Å²) >= 11 is 0. The van der Waals surface area contributed by atoms with Gasteiger partial charge in [-0.15, -0.1) is 0 Å². The van der Waals surface area contributed by atoms with Gasteiger partial charge in [0.25, 0.3) is 0 Å². The largest absolute Gasteiger partial charge is 0.444 e. The first-order chi connectivity index (χ1) is 10.4. The van der Waals surface area contributed by atoms with Crippen LogP contribution < -0.4 is 0 Å². The quantitative estimate of drug-likeness (QED) is 0.702. The molecule has 0 bridgehead atoms. The molecule has 0 spiro atoms. The van der Waals surface area contributed by atoms with Crippen molar-refractivity contribution in [2.24, 2.45) is 0 Å². The lowest BCUT2D eigenvalue weighted by molar-refractivity contribution is -0.122. The molecule has 1 fully saturated rings.